The van der Waals surface area contributed by atoms with Gasteiger partial charge in [0.15, 0.2) is 16.4 Å². The van der Waals surface area contributed by atoms with E-state index in [9.17, 15) is 13.2 Å². The van der Waals surface area contributed by atoms with Crippen molar-refractivity contribution in [1.29, 1.82) is 0 Å². The van der Waals surface area contributed by atoms with Crippen LogP contribution in [0.15, 0.2) is 24.3 Å². The highest BCUT2D eigenvalue weighted by atomic mass is 32.2. The van der Waals surface area contributed by atoms with Gasteiger partial charge in [0.2, 0.25) is 0 Å². The van der Waals surface area contributed by atoms with Crippen LogP contribution in [0.25, 0.3) is 0 Å². The molecular weight excluding hydrogens is 342 g/mol. The number of piperidine rings is 1. The van der Waals surface area contributed by atoms with E-state index in [4.69, 9.17) is 9.47 Å². The van der Waals surface area contributed by atoms with E-state index in [2.05, 4.69) is 0 Å². The van der Waals surface area contributed by atoms with Gasteiger partial charge in [0, 0.05) is 19.2 Å². The van der Waals surface area contributed by atoms with Crippen molar-refractivity contribution in [3.8, 4) is 11.5 Å². The molecule has 0 unspecified atom stereocenters. The lowest BCUT2D eigenvalue weighted by Crippen LogP contribution is -2.45. The molecule has 0 radical (unpaired) electrons. The molecule has 1 fully saturated rings. The largest absolute Gasteiger partial charge is 0.497 e. The maximum atomic E-state index is 12.3. The maximum absolute atomic E-state index is 12.3. The second kappa shape index (κ2) is 8.56. The zero-order valence-electron chi connectivity index (χ0n) is 15.1. The Bertz CT molecular complexity index is 678. The first-order valence-electron chi connectivity index (χ1n) is 8.58. The molecule has 1 amide bonds. The quantitative estimate of drug-likeness (QED) is 0.736. The number of ether oxygens (including phenoxy) is 2. The van der Waals surface area contributed by atoms with E-state index in [1.807, 2.05) is 13.8 Å². The molecule has 0 aromatic heterocycles. The predicted molar refractivity (Wildman–Crippen MR) is 96.7 cm³/mol. The number of sulfone groups is 1. The Morgan fingerprint density at radius 3 is 2.48 bits per heavy atom. The van der Waals surface area contributed by atoms with Crippen molar-refractivity contribution in [2.75, 3.05) is 32.6 Å². The van der Waals surface area contributed by atoms with Crippen LogP contribution >= 0.6 is 0 Å². The Labute approximate surface area is 150 Å². The molecule has 0 saturated carbocycles. The van der Waals surface area contributed by atoms with Crippen LogP contribution in [0.3, 0.4) is 0 Å². The van der Waals surface area contributed by atoms with Crippen LogP contribution in [-0.4, -0.2) is 57.0 Å². The number of likely N-dealkylation sites (tertiary alicyclic amines) is 1. The molecule has 1 aliphatic rings. The molecule has 2 rings (SSSR count). The minimum absolute atomic E-state index is 0.0590. The number of hydrogen-bond acceptors (Lipinski definition) is 5. The summed E-state index contributed by atoms with van der Waals surface area (Å²) in [7, 11) is -1.51. The van der Waals surface area contributed by atoms with Crippen LogP contribution in [0.5, 0.6) is 11.5 Å². The zero-order valence-corrected chi connectivity index (χ0v) is 15.9. The first-order chi connectivity index (χ1) is 11.8. The highest BCUT2D eigenvalue weighted by molar-refractivity contribution is 7.92. The van der Waals surface area contributed by atoms with Gasteiger partial charge in [-0.3, -0.25) is 4.79 Å². The lowest BCUT2D eigenvalue weighted by atomic mass is 10.1. The summed E-state index contributed by atoms with van der Waals surface area (Å²) >= 11 is 0. The van der Waals surface area contributed by atoms with Crippen molar-refractivity contribution in [2.45, 2.75) is 31.9 Å². The summed E-state index contributed by atoms with van der Waals surface area (Å²) in [6, 6.07) is 7.08. The highest BCUT2D eigenvalue weighted by Gasteiger charge is 2.31. The maximum Gasteiger partial charge on any atom is 0.260 e. The molecule has 0 bridgehead atoms. The number of methoxy groups -OCH3 is 1. The predicted octanol–water partition coefficient (Wildman–Crippen LogP) is 2.14. The van der Waals surface area contributed by atoms with Crippen LogP contribution in [0.4, 0.5) is 0 Å². The summed E-state index contributed by atoms with van der Waals surface area (Å²) in [5.74, 6) is 1.46. The van der Waals surface area contributed by atoms with Crippen molar-refractivity contribution in [2.24, 2.45) is 5.92 Å². The summed E-state index contributed by atoms with van der Waals surface area (Å²) in [5.41, 5.74) is 0. The van der Waals surface area contributed by atoms with E-state index in [1.165, 1.54) is 0 Å². The van der Waals surface area contributed by atoms with Crippen molar-refractivity contribution in [1.82, 2.24) is 4.90 Å². The van der Waals surface area contributed by atoms with Gasteiger partial charge < -0.3 is 14.4 Å². The zero-order chi connectivity index (χ0) is 18.4. The van der Waals surface area contributed by atoms with Gasteiger partial charge in [-0.15, -0.1) is 0 Å². The summed E-state index contributed by atoms with van der Waals surface area (Å²) in [6.07, 6.45) is 1.000. The van der Waals surface area contributed by atoms with Crippen molar-refractivity contribution in [3.05, 3.63) is 24.3 Å². The smallest absolute Gasteiger partial charge is 0.260 e. The van der Waals surface area contributed by atoms with Gasteiger partial charge in [0.1, 0.15) is 11.5 Å². The third kappa shape index (κ3) is 5.63. The van der Waals surface area contributed by atoms with Crippen molar-refractivity contribution < 1.29 is 22.7 Å². The first kappa shape index (κ1) is 19.6. The van der Waals surface area contributed by atoms with Gasteiger partial charge in [-0.25, -0.2) is 8.42 Å². The first-order valence-corrected chi connectivity index (χ1v) is 10.3. The molecule has 140 valence electrons. The summed E-state index contributed by atoms with van der Waals surface area (Å²) in [6.45, 7) is 4.68. The van der Waals surface area contributed by atoms with Crippen LogP contribution in [0.2, 0.25) is 0 Å². The molecular formula is C18H27NO5S. The Hall–Kier alpha value is -1.76. The van der Waals surface area contributed by atoms with E-state index >= 15 is 0 Å². The van der Waals surface area contributed by atoms with E-state index in [-0.39, 0.29) is 29.4 Å². The minimum atomic E-state index is -3.08. The highest BCUT2D eigenvalue weighted by Crippen LogP contribution is 2.21. The molecule has 1 aromatic carbocycles. The standard InChI is InChI=1S/C18H27NO5S/c1-14(2)13-25(21,22)17-7-9-19(10-8-17)18(20)12-24-16-6-4-5-15(11-16)23-3/h4-6,11,14,17H,7-10,12-13H2,1-3H3. The average Bonchev–Trinajstić information content (AvgIpc) is 2.59. The number of hydrogen-bond donors (Lipinski definition) is 0. The Kier molecular flexibility index (Phi) is 6.70. The Morgan fingerprint density at radius 2 is 1.88 bits per heavy atom. The number of amides is 1. The SMILES string of the molecule is COc1cccc(OCC(=O)N2CCC(S(=O)(=O)CC(C)C)CC2)c1. The Balaban J connectivity index is 1.83. The van der Waals surface area contributed by atoms with Crippen molar-refractivity contribution in [3.63, 3.8) is 0 Å². The molecule has 1 heterocycles. The minimum Gasteiger partial charge on any atom is -0.497 e. The molecule has 1 saturated heterocycles. The van der Waals surface area contributed by atoms with Crippen LogP contribution < -0.4 is 9.47 Å². The number of nitrogens with zero attached hydrogens (tertiary/aromatic N) is 1. The number of benzene rings is 1. The molecule has 7 heteroatoms. The van der Waals surface area contributed by atoms with Gasteiger partial charge in [0.05, 0.1) is 18.1 Å². The molecule has 6 nitrogen and oxygen atoms in total. The molecule has 25 heavy (non-hydrogen) atoms. The lowest BCUT2D eigenvalue weighted by Gasteiger charge is -2.32. The third-order valence-electron chi connectivity index (χ3n) is 4.27. The lowest BCUT2D eigenvalue weighted by molar-refractivity contribution is -0.134. The summed E-state index contributed by atoms with van der Waals surface area (Å²) < 4.78 is 35.2. The molecule has 0 atom stereocenters. The van der Waals surface area contributed by atoms with E-state index in [1.54, 1.807) is 36.3 Å². The second-order valence-electron chi connectivity index (χ2n) is 6.77. The van der Waals surface area contributed by atoms with Gasteiger partial charge in [-0.1, -0.05) is 19.9 Å². The van der Waals surface area contributed by atoms with Crippen LogP contribution in [0, 0.1) is 5.92 Å². The van der Waals surface area contributed by atoms with E-state index in [0.29, 0.717) is 37.4 Å². The fourth-order valence-electron chi connectivity index (χ4n) is 2.99. The van der Waals surface area contributed by atoms with E-state index in [0.717, 1.165) is 0 Å². The van der Waals surface area contributed by atoms with Gasteiger partial charge in [-0.05, 0) is 30.9 Å². The average molecular weight is 369 g/mol. The molecule has 0 spiro atoms. The van der Waals surface area contributed by atoms with Gasteiger partial charge in [-0.2, -0.15) is 0 Å². The van der Waals surface area contributed by atoms with Gasteiger partial charge >= 0.3 is 0 Å². The van der Waals surface area contributed by atoms with Crippen molar-refractivity contribution >= 4 is 15.7 Å². The monoisotopic (exact) mass is 369 g/mol. The van der Waals surface area contributed by atoms with Crippen LogP contribution in [0.1, 0.15) is 26.7 Å². The topological polar surface area (TPSA) is 72.9 Å². The summed E-state index contributed by atoms with van der Waals surface area (Å²) in [4.78, 5) is 14.0. The summed E-state index contributed by atoms with van der Waals surface area (Å²) in [5, 5.41) is -0.335. The molecule has 1 aliphatic heterocycles. The number of carbonyl (C=O) groups excluding carboxylic acids is 1. The molecule has 0 N–H and O–H groups in total. The fraction of sp³-hybridized carbons (Fsp3) is 0.611. The Morgan fingerprint density at radius 1 is 1.24 bits per heavy atom. The third-order valence-corrected chi connectivity index (χ3v) is 6.89. The van der Waals surface area contributed by atoms with E-state index < -0.39 is 9.84 Å². The van der Waals surface area contributed by atoms with Crippen LogP contribution in [-0.2, 0) is 14.6 Å². The number of carbonyl (C=O) groups is 1. The van der Waals surface area contributed by atoms with Gasteiger partial charge in [0.25, 0.3) is 5.91 Å². The molecule has 0 aliphatic carbocycles. The molecule has 1 aromatic rings. The number of rotatable bonds is 7. The fourth-order valence-corrected chi connectivity index (χ4v) is 5.12. The normalized spacial score (nSPS) is 16.1. The second-order valence-corrected chi connectivity index (χ2v) is 9.10.